The highest BCUT2D eigenvalue weighted by atomic mass is 35.5. The molecule has 0 spiro atoms. The summed E-state index contributed by atoms with van der Waals surface area (Å²) in [5, 5.41) is 3.86. The monoisotopic (exact) mass is 428 g/mol. The maximum Gasteiger partial charge on any atom is 0.287 e. The zero-order chi connectivity index (χ0) is 20.1. The van der Waals surface area contributed by atoms with Crippen LogP contribution in [0.1, 0.15) is 30.0 Å². The van der Waals surface area contributed by atoms with Crippen LogP contribution in [0.25, 0.3) is 4.91 Å². The van der Waals surface area contributed by atoms with Crippen molar-refractivity contribution in [2.45, 2.75) is 18.9 Å². The zero-order valence-electron chi connectivity index (χ0n) is 16.3. The third-order valence-corrected chi connectivity index (χ3v) is 6.65. The number of hydrogen-bond acceptors (Lipinski definition) is 4. The van der Waals surface area contributed by atoms with Gasteiger partial charge in [-0.05, 0) is 49.2 Å². The molecule has 2 aromatic rings. The summed E-state index contributed by atoms with van der Waals surface area (Å²) >= 11 is 7.75. The predicted molar refractivity (Wildman–Crippen MR) is 120 cm³/mol. The lowest BCUT2D eigenvalue weighted by molar-refractivity contribution is -0.121. The predicted octanol–water partition coefficient (Wildman–Crippen LogP) is 4.73. The second-order valence-electron chi connectivity index (χ2n) is 7.24. The van der Waals surface area contributed by atoms with E-state index in [9.17, 15) is 4.79 Å². The molecule has 29 heavy (non-hydrogen) atoms. The summed E-state index contributed by atoms with van der Waals surface area (Å²) in [7, 11) is 0. The van der Waals surface area contributed by atoms with Gasteiger partial charge in [0.2, 0.25) is 0 Å². The number of ether oxygens (including phenoxy) is 1. The molecule has 1 amide bonds. The van der Waals surface area contributed by atoms with Gasteiger partial charge < -0.3 is 10.1 Å². The largest absolute Gasteiger partial charge is 0.486 e. The second-order valence-corrected chi connectivity index (χ2v) is 8.78. The number of thioether (sulfide) groups is 1. The zero-order valence-corrected chi connectivity index (χ0v) is 17.8. The van der Waals surface area contributed by atoms with E-state index in [0.29, 0.717) is 18.9 Å². The van der Waals surface area contributed by atoms with Gasteiger partial charge in [-0.1, -0.05) is 54.1 Å². The Kier molecular flexibility index (Phi) is 6.80. The first kappa shape index (κ1) is 20.3. The van der Waals surface area contributed by atoms with Crippen molar-refractivity contribution in [3.8, 4) is 0 Å². The molecule has 1 saturated heterocycles. The third-order valence-electron chi connectivity index (χ3n) is 5.32. The average Bonchev–Trinajstić information content (AvgIpc) is 3.30. The SMILES string of the molecule is O=C(NC[C@@H](c1ccc(Cl)cc1)N1CCCC1)C1=C(c2ccccc2)SCCO1. The summed E-state index contributed by atoms with van der Waals surface area (Å²) in [5.74, 6) is 1.14. The Morgan fingerprint density at radius 2 is 1.83 bits per heavy atom. The number of likely N-dealkylation sites (tertiary alicyclic amines) is 1. The molecular formula is C23H25ClN2O2S. The summed E-state index contributed by atoms with van der Waals surface area (Å²) in [6.45, 7) is 3.19. The number of carbonyl (C=O) groups is 1. The highest BCUT2D eigenvalue weighted by Crippen LogP contribution is 2.34. The van der Waals surface area contributed by atoms with Crippen LogP contribution in [0.2, 0.25) is 5.02 Å². The Hall–Kier alpha value is -1.95. The van der Waals surface area contributed by atoms with E-state index in [1.807, 2.05) is 42.5 Å². The molecular weight excluding hydrogens is 404 g/mol. The van der Waals surface area contributed by atoms with Gasteiger partial charge in [-0.2, -0.15) is 0 Å². The molecule has 0 saturated carbocycles. The van der Waals surface area contributed by atoms with Gasteiger partial charge in [0, 0.05) is 17.3 Å². The van der Waals surface area contributed by atoms with Crippen molar-refractivity contribution < 1.29 is 9.53 Å². The number of halogens is 1. The van der Waals surface area contributed by atoms with E-state index in [-0.39, 0.29) is 11.9 Å². The van der Waals surface area contributed by atoms with Gasteiger partial charge in [-0.25, -0.2) is 0 Å². The number of nitrogens with one attached hydrogen (secondary N) is 1. The summed E-state index contributed by atoms with van der Waals surface area (Å²) in [4.78, 5) is 16.4. The van der Waals surface area contributed by atoms with Gasteiger partial charge in [-0.15, -0.1) is 11.8 Å². The molecule has 0 radical (unpaired) electrons. The van der Waals surface area contributed by atoms with Gasteiger partial charge in [-0.3, -0.25) is 9.69 Å². The van der Waals surface area contributed by atoms with E-state index >= 15 is 0 Å². The molecule has 2 aromatic carbocycles. The standard InChI is InChI=1S/C23H25ClN2O2S/c24-19-10-8-17(9-11-19)20(26-12-4-5-13-26)16-25-23(27)21-22(29-15-14-28-21)18-6-2-1-3-7-18/h1-3,6-11,20H,4-5,12-16H2,(H,25,27)/t20-/m0/s1. The van der Waals surface area contributed by atoms with Crippen LogP contribution in [0.3, 0.4) is 0 Å². The normalized spacial score (nSPS) is 18.4. The number of amides is 1. The maximum absolute atomic E-state index is 13.0. The Bertz CT molecular complexity index is 864. The number of hydrogen-bond donors (Lipinski definition) is 1. The molecule has 2 aliphatic heterocycles. The topological polar surface area (TPSA) is 41.6 Å². The molecule has 4 rings (SSSR count). The van der Waals surface area contributed by atoms with Gasteiger partial charge in [0.15, 0.2) is 5.76 Å². The molecule has 6 heteroatoms. The van der Waals surface area contributed by atoms with Crippen molar-refractivity contribution in [3.05, 3.63) is 76.5 Å². The summed E-state index contributed by atoms with van der Waals surface area (Å²) in [5.41, 5.74) is 2.20. The second kappa shape index (κ2) is 9.70. The molecule has 1 atom stereocenters. The van der Waals surface area contributed by atoms with E-state index in [1.165, 1.54) is 18.4 Å². The van der Waals surface area contributed by atoms with Crippen molar-refractivity contribution in [1.82, 2.24) is 10.2 Å². The number of benzene rings is 2. The third kappa shape index (κ3) is 4.97. The lowest BCUT2D eigenvalue weighted by atomic mass is 10.1. The quantitative estimate of drug-likeness (QED) is 0.722. The molecule has 152 valence electrons. The van der Waals surface area contributed by atoms with E-state index in [1.54, 1.807) is 11.8 Å². The molecule has 0 unspecified atom stereocenters. The van der Waals surface area contributed by atoms with Crippen LogP contribution in [0.15, 0.2) is 60.4 Å². The molecule has 0 aromatic heterocycles. The van der Waals surface area contributed by atoms with Crippen molar-refractivity contribution in [1.29, 1.82) is 0 Å². The van der Waals surface area contributed by atoms with Crippen molar-refractivity contribution in [2.75, 3.05) is 32.0 Å². The molecule has 2 heterocycles. The summed E-state index contributed by atoms with van der Waals surface area (Å²) in [6, 6.07) is 18.1. The molecule has 1 N–H and O–H groups in total. The van der Waals surface area contributed by atoms with Crippen molar-refractivity contribution >= 4 is 34.2 Å². The minimum Gasteiger partial charge on any atom is -0.486 e. The smallest absolute Gasteiger partial charge is 0.287 e. The summed E-state index contributed by atoms with van der Waals surface area (Å²) < 4.78 is 5.80. The molecule has 4 nitrogen and oxygen atoms in total. The van der Waals surface area contributed by atoms with E-state index in [4.69, 9.17) is 16.3 Å². The van der Waals surface area contributed by atoms with Crippen molar-refractivity contribution in [3.63, 3.8) is 0 Å². The minimum atomic E-state index is -0.144. The fourth-order valence-electron chi connectivity index (χ4n) is 3.86. The highest BCUT2D eigenvalue weighted by molar-refractivity contribution is 8.08. The molecule has 0 bridgehead atoms. The van der Waals surface area contributed by atoms with Crippen LogP contribution in [0.4, 0.5) is 0 Å². The maximum atomic E-state index is 13.0. The van der Waals surface area contributed by atoms with Crippen LogP contribution in [-0.2, 0) is 9.53 Å². The Morgan fingerprint density at radius 1 is 1.10 bits per heavy atom. The van der Waals surface area contributed by atoms with Gasteiger partial charge in [0.1, 0.15) is 0 Å². The lowest BCUT2D eigenvalue weighted by Crippen LogP contribution is -2.38. The van der Waals surface area contributed by atoms with E-state index < -0.39 is 0 Å². The first-order valence-corrected chi connectivity index (χ1v) is 11.4. The van der Waals surface area contributed by atoms with Crippen LogP contribution in [0, 0.1) is 0 Å². The Morgan fingerprint density at radius 3 is 2.55 bits per heavy atom. The van der Waals surface area contributed by atoms with Crippen LogP contribution >= 0.6 is 23.4 Å². The fourth-order valence-corrected chi connectivity index (χ4v) is 4.94. The highest BCUT2D eigenvalue weighted by Gasteiger charge is 2.27. The number of carbonyl (C=O) groups excluding carboxylic acids is 1. The average molecular weight is 429 g/mol. The van der Waals surface area contributed by atoms with Gasteiger partial charge >= 0.3 is 0 Å². The van der Waals surface area contributed by atoms with E-state index in [2.05, 4.69) is 22.3 Å². The Labute approximate surface area is 181 Å². The lowest BCUT2D eigenvalue weighted by Gasteiger charge is -2.29. The van der Waals surface area contributed by atoms with Gasteiger partial charge in [0.05, 0.1) is 17.6 Å². The first-order chi connectivity index (χ1) is 14.2. The first-order valence-electron chi connectivity index (χ1n) is 10.1. The molecule has 1 fully saturated rings. The Balaban J connectivity index is 1.52. The van der Waals surface area contributed by atoms with Crippen LogP contribution < -0.4 is 5.32 Å². The van der Waals surface area contributed by atoms with E-state index in [0.717, 1.165) is 34.3 Å². The molecule has 2 aliphatic rings. The number of rotatable bonds is 6. The molecule has 0 aliphatic carbocycles. The van der Waals surface area contributed by atoms with Crippen LogP contribution in [-0.4, -0.2) is 42.8 Å². The minimum absolute atomic E-state index is 0.135. The number of nitrogens with zero attached hydrogens (tertiary/aromatic N) is 1. The van der Waals surface area contributed by atoms with Crippen molar-refractivity contribution in [2.24, 2.45) is 0 Å². The summed E-state index contributed by atoms with van der Waals surface area (Å²) in [6.07, 6.45) is 2.39. The fraction of sp³-hybridized carbons (Fsp3) is 0.348. The van der Waals surface area contributed by atoms with Gasteiger partial charge in [0.25, 0.3) is 5.91 Å². The van der Waals surface area contributed by atoms with Crippen LogP contribution in [0.5, 0.6) is 0 Å².